The SMILES string of the molecule is CS(=O)(=O)c1ccc2c(ccn2-c2ccc(OC3CCNCC3)cc2)c1. The second-order valence-electron chi connectivity index (χ2n) is 6.74. The summed E-state index contributed by atoms with van der Waals surface area (Å²) in [5, 5.41) is 4.24. The summed E-state index contributed by atoms with van der Waals surface area (Å²) in [6.07, 6.45) is 5.54. The predicted molar refractivity (Wildman–Crippen MR) is 103 cm³/mol. The Hall–Kier alpha value is -2.31. The molecule has 1 N–H and O–H groups in total. The van der Waals surface area contributed by atoms with E-state index >= 15 is 0 Å². The number of aromatic nitrogens is 1. The first kappa shape index (κ1) is 17.1. The van der Waals surface area contributed by atoms with E-state index in [4.69, 9.17) is 4.74 Å². The van der Waals surface area contributed by atoms with E-state index in [2.05, 4.69) is 9.88 Å². The van der Waals surface area contributed by atoms with Crippen molar-refractivity contribution in [2.24, 2.45) is 0 Å². The molecule has 1 aliphatic rings. The van der Waals surface area contributed by atoms with Gasteiger partial charge in [0.15, 0.2) is 9.84 Å². The number of hydrogen-bond acceptors (Lipinski definition) is 4. The first-order valence-corrected chi connectivity index (χ1v) is 10.7. The molecule has 136 valence electrons. The first-order chi connectivity index (χ1) is 12.5. The van der Waals surface area contributed by atoms with Crippen molar-refractivity contribution < 1.29 is 13.2 Å². The van der Waals surface area contributed by atoms with E-state index in [-0.39, 0.29) is 6.10 Å². The molecule has 1 aliphatic heterocycles. The number of nitrogens with one attached hydrogen (secondary N) is 1. The summed E-state index contributed by atoms with van der Waals surface area (Å²) in [6, 6.07) is 15.2. The number of fused-ring (bicyclic) bond motifs is 1. The maximum Gasteiger partial charge on any atom is 0.175 e. The monoisotopic (exact) mass is 370 g/mol. The van der Waals surface area contributed by atoms with Gasteiger partial charge in [0.1, 0.15) is 11.9 Å². The third-order valence-corrected chi connectivity index (χ3v) is 5.90. The van der Waals surface area contributed by atoms with Crippen LogP contribution in [-0.4, -0.2) is 38.4 Å². The molecule has 0 aliphatic carbocycles. The van der Waals surface area contributed by atoms with E-state index in [9.17, 15) is 8.42 Å². The van der Waals surface area contributed by atoms with Crippen LogP contribution in [0.5, 0.6) is 5.75 Å². The van der Waals surface area contributed by atoms with Crippen molar-refractivity contribution in [3.05, 3.63) is 54.7 Å². The number of piperidine rings is 1. The van der Waals surface area contributed by atoms with Gasteiger partial charge in [-0.25, -0.2) is 8.42 Å². The molecule has 2 aromatic carbocycles. The largest absolute Gasteiger partial charge is 0.490 e. The minimum atomic E-state index is -3.20. The van der Waals surface area contributed by atoms with Crippen LogP contribution in [-0.2, 0) is 9.84 Å². The van der Waals surface area contributed by atoms with Gasteiger partial charge in [-0.3, -0.25) is 0 Å². The maximum absolute atomic E-state index is 11.7. The lowest BCUT2D eigenvalue weighted by molar-refractivity contribution is 0.162. The minimum Gasteiger partial charge on any atom is -0.490 e. The fourth-order valence-electron chi connectivity index (χ4n) is 3.37. The molecule has 0 amide bonds. The summed E-state index contributed by atoms with van der Waals surface area (Å²) in [5.41, 5.74) is 1.99. The summed E-state index contributed by atoms with van der Waals surface area (Å²) < 4.78 is 31.6. The van der Waals surface area contributed by atoms with E-state index < -0.39 is 9.84 Å². The molecule has 1 aromatic heterocycles. The Balaban J connectivity index is 1.59. The fraction of sp³-hybridized carbons (Fsp3) is 0.300. The number of nitrogens with zero attached hydrogens (tertiary/aromatic N) is 1. The van der Waals surface area contributed by atoms with E-state index in [0.717, 1.165) is 48.3 Å². The zero-order valence-electron chi connectivity index (χ0n) is 14.7. The Morgan fingerprint density at radius 2 is 1.77 bits per heavy atom. The van der Waals surface area contributed by atoms with Crippen LogP contribution in [0.3, 0.4) is 0 Å². The number of benzene rings is 2. The van der Waals surface area contributed by atoms with Crippen molar-refractivity contribution in [1.29, 1.82) is 0 Å². The smallest absolute Gasteiger partial charge is 0.175 e. The zero-order valence-corrected chi connectivity index (χ0v) is 15.5. The Morgan fingerprint density at radius 3 is 2.46 bits per heavy atom. The summed E-state index contributed by atoms with van der Waals surface area (Å²) in [6.45, 7) is 2.02. The fourth-order valence-corrected chi connectivity index (χ4v) is 4.02. The van der Waals surface area contributed by atoms with E-state index in [1.807, 2.05) is 42.6 Å². The molecule has 5 nitrogen and oxygen atoms in total. The summed E-state index contributed by atoms with van der Waals surface area (Å²) >= 11 is 0. The quantitative estimate of drug-likeness (QED) is 0.766. The highest BCUT2D eigenvalue weighted by Gasteiger charge is 2.14. The van der Waals surface area contributed by atoms with Crippen molar-refractivity contribution >= 4 is 20.7 Å². The van der Waals surface area contributed by atoms with Gasteiger partial charge in [-0.05, 0) is 74.5 Å². The van der Waals surface area contributed by atoms with Crippen LogP contribution in [0.4, 0.5) is 0 Å². The van der Waals surface area contributed by atoms with E-state index in [1.54, 1.807) is 12.1 Å². The van der Waals surface area contributed by atoms with Crippen molar-refractivity contribution in [2.75, 3.05) is 19.3 Å². The molecule has 1 saturated heterocycles. The summed E-state index contributed by atoms with van der Waals surface area (Å²) in [7, 11) is -3.20. The van der Waals surface area contributed by atoms with E-state index in [1.165, 1.54) is 6.26 Å². The number of hydrogen-bond donors (Lipinski definition) is 1. The van der Waals surface area contributed by atoms with Gasteiger partial charge >= 0.3 is 0 Å². The number of ether oxygens (including phenoxy) is 1. The average molecular weight is 370 g/mol. The van der Waals surface area contributed by atoms with Gasteiger partial charge in [0.05, 0.1) is 10.4 Å². The van der Waals surface area contributed by atoms with Gasteiger partial charge in [-0.1, -0.05) is 0 Å². The van der Waals surface area contributed by atoms with Gasteiger partial charge in [0, 0.05) is 23.5 Å². The lowest BCUT2D eigenvalue weighted by Crippen LogP contribution is -2.34. The topological polar surface area (TPSA) is 60.3 Å². The molecule has 1 fully saturated rings. The Bertz CT molecular complexity index is 1020. The highest BCUT2D eigenvalue weighted by atomic mass is 32.2. The van der Waals surface area contributed by atoms with Crippen molar-refractivity contribution in [3.63, 3.8) is 0 Å². The number of sulfone groups is 1. The molecule has 0 saturated carbocycles. The van der Waals surface area contributed by atoms with Gasteiger partial charge in [-0.2, -0.15) is 0 Å². The molecule has 4 rings (SSSR count). The third kappa shape index (κ3) is 3.48. The Kier molecular flexibility index (Phi) is 4.46. The van der Waals surface area contributed by atoms with Crippen LogP contribution >= 0.6 is 0 Å². The van der Waals surface area contributed by atoms with Crippen LogP contribution in [0.1, 0.15) is 12.8 Å². The first-order valence-electron chi connectivity index (χ1n) is 8.80. The van der Waals surface area contributed by atoms with Gasteiger partial charge in [0.25, 0.3) is 0 Å². The van der Waals surface area contributed by atoms with Crippen molar-refractivity contribution in [1.82, 2.24) is 9.88 Å². The zero-order chi connectivity index (χ0) is 18.1. The molecule has 0 atom stereocenters. The molecule has 0 unspecified atom stereocenters. The van der Waals surface area contributed by atoms with Crippen molar-refractivity contribution in [3.8, 4) is 11.4 Å². The average Bonchev–Trinajstić information content (AvgIpc) is 3.06. The standard InChI is InChI=1S/C20H22N2O3S/c1-26(23,24)19-6-7-20-15(14-19)10-13-22(20)16-2-4-17(5-3-16)25-18-8-11-21-12-9-18/h2-7,10,13-14,18,21H,8-9,11-12H2,1H3. The second-order valence-corrected chi connectivity index (χ2v) is 8.76. The summed E-state index contributed by atoms with van der Waals surface area (Å²) in [5.74, 6) is 0.886. The van der Waals surface area contributed by atoms with Crippen LogP contribution in [0.2, 0.25) is 0 Å². The molecular formula is C20H22N2O3S. The predicted octanol–water partition coefficient (Wildman–Crippen LogP) is 3.16. The molecule has 6 heteroatoms. The molecule has 2 heterocycles. The molecule has 0 bridgehead atoms. The Labute approximate surface area is 153 Å². The highest BCUT2D eigenvalue weighted by Crippen LogP contribution is 2.25. The van der Waals surface area contributed by atoms with E-state index in [0.29, 0.717) is 4.90 Å². The lowest BCUT2D eigenvalue weighted by Gasteiger charge is -2.23. The van der Waals surface area contributed by atoms with Gasteiger partial charge in [0.2, 0.25) is 0 Å². The minimum absolute atomic E-state index is 0.281. The molecule has 0 spiro atoms. The maximum atomic E-state index is 11.7. The normalized spacial score (nSPS) is 16.0. The van der Waals surface area contributed by atoms with Gasteiger partial charge in [-0.15, -0.1) is 0 Å². The molecule has 26 heavy (non-hydrogen) atoms. The lowest BCUT2D eigenvalue weighted by atomic mass is 10.1. The van der Waals surface area contributed by atoms with Crippen molar-refractivity contribution in [2.45, 2.75) is 23.8 Å². The molecule has 0 radical (unpaired) electrons. The Morgan fingerprint density at radius 1 is 1.04 bits per heavy atom. The van der Waals surface area contributed by atoms with Crippen LogP contribution in [0, 0.1) is 0 Å². The summed E-state index contributed by atoms with van der Waals surface area (Å²) in [4.78, 5) is 0.341. The van der Waals surface area contributed by atoms with Crippen LogP contribution < -0.4 is 10.1 Å². The second kappa shape index (κ2) is 6.78. The third-order valence-electron chi connectivity index (χ3n) is 4.79. The highest BCUT2D eigenvalue weighted by molar-refractivity contribution is 7.90. The molecule has 3 aromatic rings. The molecular weight excluding hydrogens is 348 g/mol. The van der Waals surface area contributed by atoms with Crippen LogP contribution in [0.25, 0.3) is 16.6 Å². The number of rotatable bonds is 4. The van der Waals surface area contributed by atoms with Crippen LogP contribution in [0.15, 0.2) is 59.6 Å². The van der Waals surface area contributed by atoms with Gasteiger partial charge < -0.3 is 14.6 Å².